The van der Waals surface area contributed by atoms with Gasteiger partial charge in [0.05, 0.1) is 12.0 Å². The van der Waals surface area contributed by atoms with Crippen molar-refractivity contribution in [3.63, 3.8) is 0 Å². The lowest BCUT2D eigenvalue weighted by molar-refractivity contribution is -0.143. The van der Waals surface area contributed by atoms with E-state index in [1.165, 1.54) is 4.90 Å². The van der Waals surface area contributed by atoms with Crippen LogP contribution in [0.1, 0.15) is 52.5 Å². The normalized spacial score (nSPS) is 26.0. The van der Waals surface area contributed by atoms with Crippen molar-refractivity contribution in [2.45, 2.75) is 65.1 Å². The predicted octanol–water partition coefficient (Wildman–Crippen LogP) is 3.35. The number of hydrogen-bond donors (Lipinski definition) is 0. The summed E-state index contributed by atoms with van der Waals surface area (Å²) in [6.07, 6.45) is 1.23. The van der Waals surface area contributed by atoms with Gasteiger partial charge in [0.2, 0.25) is 11.8 Å². The molecular weight excluding hydrogens is 344 g/mol. The largest absolute Gasteiger partial charge is 0.444 e. The molecule has 6 heteroatoms. The fraction of sp³-hybridized carbons (Fsp3) is 0.571. The van der Waals surface area contributed by atoms with Gasteiger partial charge in [-0.15, -0.1) is 0 Å². The summed E-state index contributed by atoms with van der Waals surface area (Å²) in [6, 6.07) is 9.17. The third-order valence-electron chi connectivity index (χ3n) is 5.35. The molecule has 2 aliphatic heterocycles. The van der Waals surface area contributed by atoms with Gasteiger partial charge in [-0.05, 0) is 46.1 Å². The molecule has 0 aromatic heterocycles. The van der Waals surface area contributed by atoms with E-state index in [-0.39, 0.29) is 30.8 Å². The van der Waals surface area contributed by atoms with Gasteiger partial charge in [0.15, 0.2) is 0 Å². The molecule has 2 heterocycles. The van der Waals surface area contributed by atoms with Crippen LogP contribution in [-0.2, 0) is 20.9 Å². The van der Waals surface area contributed by atoms with Crippen molar-refractivity contribution >= 4 is 17.9 Å². The van der Waals surface area contributed by atoms with Crippen LogP contribution in [0.4, 0.5) is 4.79 Å². The second-order valence-corrected chi connectivity index (χ2v) is 8.70. The van der Waals surface area contributed by atoms with Gasteiger partial charge in [-0.1, -0.05) is 30.3 Å². The maximum absolute atomic E-state index is 13.2. The maximum atomic E-state index is 13.2. The summed E-state index contributed by atoms with van der Waals surface area (Å²) in [5.41, 5.74) is -0.585. The zero-order chi connectivity index (χ0) is 19.8. The molecule has 27 heavy (non-hydrogen) atoms. The Hall–Kier alpha value is -2.37. The molecule has 2 unspecified atom stereocenters. The first-order chi connectivity index (χ1) is 12.6. The van der Waals surface area contributed by atoms with Crippen molar-refractivity contribution in [2.75, 3.05) is 6.54 Å². The van der Waals surface area contributed by atoms with Crippen molar-refractivity contribution in [2.24, 2.45) is 5.41 Å². The molecule has 3 rings (SSSR count). The van der Waals surface area contributed by atoms with Crippen LogP contribution in [0, 0.1) is 5.41 Å². The highest BCUT2D eigenvalue weighted by atomic mass is 16.6. The van der Waals surface area contributed by atoms with Crippen LogP contribution in [0.25, 0.3) is 0 Å². The fourth-order valence-electron chi connectivity index (χ4n) is 4.06. The number of nitrogens with zero attached hydrogens (tertiary/aromatic N) is 2. The molecule has 2 atom stereocenters. The van der Waals surface area contributed by atoms with E-state index in [1.807, 2.05) is 58.0 Å². The molecule has 0 radical (unpaired) electrons. The first kappa shape index (κ1) is 19.4. The summed E-state index contributed by atoms with van der Waals surface area (Å²) in [6.45, 7) is 8.10. The summed E-state index contributed by atoms with van der Waals surface area (Å²) in [4.78, 5) is 41.4. The van der Waals surface area contributed by atoms with Gasteiger partial charge in [-0.3, -0.25) is 14.5 Å². The minimum Gasteiger partial charge on any atom is -0.444 e. The van der Waals surface area contributed by atoms with Crippen LogP contribution >= 0.6 is 0 Å². The van der Waals surface area contributed by atoms with Crippen molar-refractivity contribution in [3.05, 3.63) is 35.9 Å². The van der Waals surface area contributed by atoms with Crippen molar-refractivity contribution in [1.82, 2.24) is 9.80 Å². The topological polar surface area (TPSA) is 66.9 Å². The van der Waals surface area contributed by atoms with Crippen LogP contribution < -0.4 is 0 Å². The Balaban J connectivity index is 1.79. The van der Waals surface area contributed by atoms with Gasteiger partial charge < -0.3 is 9.64 Å². The number of rotatable bonds is 3. The highest BCUT2D eigenvalue weighted by Gasteiger charge is 2.56. The molecule has 2 fully saturated rings. The molecule has 2 saturated heterocycles. The highest BCUT2D eigenvalue weighted by Crippen LogP contribution is 2.43. The van der Waals surface area contributed by atoms with Gasteiger partial charge in [0, 0.05) is 19.0 Å². The van der Waals surface area contributed by atoms with E-state index in [2.05, 4.69) is 0 Å². The molecule has 0 bridgehead atoms. The molecule has 2 aliphatic rings. The first-order valence-corrected chi connectivity index (χ1v) is 9.50. The van der Waals surface area contributed by atoms with Gasteiger partial charge in [0.1, 0.15) is 5.60 Å². The SMILES string of the molecule is CC(C)(C)OC(=O)N1CCCC1C1(C)CC(=O)N(Cc2ccccc2)C1=O. The molecule has 1 aromatic carbocycles. The van der Waals surface area contributed by atoms with Crippen molar-refractivity contribution in [3.8, 4) is 0 Å². The van der Waals surface area contributed by atoms with Crippen LogP contribution in [0.15, 0.2) is 30.3 Å². The lowest BCUT2D eigenvalue weighted by Gasteiger charge is -2.36. The third kappa shape index (κ3) is 3.84. The number of benzene rings is 1. The van der Waals surface area contributed by atoms with Gasteiger partial charge in [-0.25, -0.2) is 4.79 Å². The van der Waals surface area contributed by atoms with E-state index < -0.39 is 17.1 Å². The Morgan fingerprint density at radius 1 is 1.22 bits per heavy atom. The van der Waals surface area contributed by atoms with E-state index in [1.54, 1.807) is 4.90 Å². The van der Waals surface area contributed by atoms with E-state index in [0.29, 0.717) is 13.0 Å². The van der Waals surface area contributed by atoms with Crippen LogP contribution in [-0.4, -0.2) is 45.9 Å². The zero-order valence-electron chi connectivity index (χ0n) is 16.5. The van der Waals surface area contributed by atoms with E-state index in [0.717, 1.165) is 12.0 Å². The van der Waals surface area contributed by atoms with E-state index in [4.69, 9.17) is 4.74 Å². The lowest BCUT2D eigenvalue weighted by atomic mass is 9.79. The number of likely N-dealkylation sites (tertiary alicyclic amines) is 2. The summed E-state index contributed by atoms with van der Waals surface area (Å²) in [5.74, 6) is -0.376. The fourth-order valence-corrected chi connectivity index (χ4v) is 4.06. The molecule has 1 aromatic rings. The lowest BCUT2D eigenvalue weighted by Crippen LogP contribution is -2.50. The number of amides is 3. The first-order valence-electron chi connectivity index (χ1n) is 9.50. The molecule has 3 amide bonds. The van der Waals surface area contributed by atoms with Crippen molar-refractivity contribution in [1.29, 1.82) is 0 Å². The molecule has 6 nitrogen and oxygen atoms in total. The molecule has 146 valence electrons. The average Bonchev–Trinajstić information content (AvgIpc) is 3.15. The smallest absolute Gasteiger partial charge is 0.410 e. The molecule has 0 spiro atoms. The van der Waals surface area contributed by atoms with Gasteiger partial charge in [0.25, 0.3) is 0 Å². The number of ether oxygens (including phenoxy) is 1. The molecule has 0 aliphatic carbocycles. The number of hydrogen-bond acceptors (Lipinski definition) is 4. The van der Waals surface area contributed by atoms with Crippen LogP contribution in [0.2, 0.25) is 0 Å². The van der Waals surface area contributed by atoms with E-state index in [9.17, 15) is 14.4 Å². The number of carbonyl (C=O) groups is 3. The number of imide groups is 1. The Morgan fingerprint density at radius 2 is 1.89 bits per heavy atom. The second-order valence-electron chi connectivity index (χ2n) is 8.70. The standard InChI is InChI=1S/C21H28N2O4/c1-20(2,3)27-19(26)22-12-8-11-16(22)21(4)13-17(24)23(18(21)25)14-15-9-6-5-7-10-15/h5-7,9-10,16H,8,11-14H2,1-4H3. The van der Waals surface area contributed by atoms with E-state index >= 15 is 0 Å². The highest BCUT2D eigenvalue weighted by molar-refractivity contribution is 6.06. The zero-order valence-corrected chi connectivity index (χ0v) is 16.5. The monoisotopic (exact) mass is 372 g/mol. The Morgan fingerprint density at radius 3 is 2.52 bits per heavy atom. The third-order valence-corrected chi connectivity index (χ3v) is 5.35. The van der Waals surface area contributed by atoms with Crippen LogP contribution in [0.5, 0.6) is 0 Å². The molecule has 0 N–H and O–H groups in total. The Bertz CT molecular complexity index is 740. The summed E-state index contributed by atoms with van der Waals surface area (Å²) in [7, 11) is 0. The summed E-state index contributed by atoms with van der Waals surface area (Å²) in [5, 5.41) is 0. The van der Waals surface area contributed by atoms with Gasteiger partial charge in [-0.2, -0.15) is 0 Å². The summed E-state index contributed by atoms with van der Waals surface area (Å²) < 4.78 is 5.52. The minimum absolute atomic E-state index is 0.128. The average molecular weight is 372 g/mol. The summed E-state index contributed by atoms with van der Waals surface area (Å²) >= 11 is 0. The second kappa shape index (κ2) is 6.98. The quantitative estimate of drug-likeness (QED) is 0.763. The maximum Gasteiger partial charge on any atom is 0.410 e. The van der Waals surface area contributed by atoms with Crippen LogP contribution in [0.3, 0.4) is 0 Å². The Kier molecular flexibility index (Phi) is 5.02. The predicted molar refractivity (Wildman–Crippen MR) is 101 cm³/mol. The number of carbonyl (C=O) groups excluding carboxylic acids is 3. The Labute approximate surface area is 160 Å². The van der Waals surface area contributed by atoms with Gasteiger partial charge >= 0.3 is 6.09 Å². The minimum atomic E-state index is -0.904. The molecular formula is C21H28N2O4. The molecule has 0 saturated carbocycles. The van der Waals surface area contributed by atoms with Crippen molar-refractivity contribution < 1.29 is 19.1 Å².